The molecule has 0 bridgehead atoms. The summed E-state index contributed by atoms with van der Waals surface area (Å²) in [5, 5.41) is 8.17. The predicted molar refractivity (Wildman–Crippen MR) is 39.6 cm³/mol. The average molecular weight is 140 g/mol. The van der Waals surface area contributed by atoms with Gasteiger partial charge in [0.05, 0.1) is 6.61 Å². The van der Waals surface area contributed by atoms with E-state index in [4.69, 9.17) is 5.11 Å². The van der Waals surface area contributed by atoms with E-state index < -0.39 is 0 Å². The van der Waals surface area contributed by atoms with Crippen molar-refractivity contribution in [3.63, 3.8) is 0 Å². The fraction of sp³-hybridized carbons (Fsp3) is 0.333. The third-order valence-electron chi connectivity index (χ3n) is 0.545. The Morgan fingerprint density at radius 1 is 1.38 bits per heavy atom. The summed E-state index contributed by atoms with van der Waals surface area (Å²) < 4.78 is 0. The third kappa shape index (κ3) is 9.85. The summed E-state index contributed by atoms with van der Waals surface area (Å²) in [7, 11) is 0. The van der Waals surface area contributed by atoms with Crippen LogP contribution in [0.3, 0.4) is 0 Å². The van der Waals surface area contributed by atoms with Gasteiger partial charge in [0.15, 0.2) is 0 Å². The van der Waals surface area contributed by atoms with Gasteiger partial charge in [-0.2, -0.15) is 0 Å². The molecule has 1 N–H and O–H groups in total. The zero-order chi connectivity index (χ0) is 5.54. The second-order valence-corrected chi connectivity index (χ2v) is 1.14. The second kappa shape index (κ2) is 10.6. The maximum absolute atomic E-state index is 8.17. The molecule has 8 heavy (non-hydrogen) atoms. The standard InChI is InChI=1S/C6H10O.Ca.2H/c1-2-3-4-5-6-7;;;/h2-5,7H,6H2,1H3;;;/b3-2+,5-4+;;;. The van der Waals surface area contributed by atoms with Crippen LogP contribution in [0.25, 0.3) is 0 Å². The van der Waals surface area contributed by atoms with Gasteiger partial charge in [-0.15, -0.1) is 0 Å². The first-order valence-corrected chi connectivity index (χ1v) is 2.30. The number of aliphatic hydroxyl groups excluding tert-OH is 1. The summed E-state index contributed by atoms with van der Waals surface area (Å²) in [6, 6.07) is 0. The molecule has 0 aromatic carbocycles. The van der Waals surface area contributed by atoms with E-state index in [0.29, 0.717) is 0 Å². The normalized spacial score (nSPS) is 10.2. The summed E-state index contributed by atoms with van der Waals surface area (Å²) in [6.07, 6.45) is 7.27. The molecule has 0 aliphatic rings. The van der Waals surface area contributed by atoms with Crippen molar-refractivity contribution in [2.45, 2.75) is 6.92 Å². The quantitative estimate of drug-likeness (QED) is 0.429. The monoisotopic (exact) mass is 140 g/mol. The molecular formula is C6H12CaO. The number of rotatable bonds is 2. The number of hydrogen-bond acceptors (Lipinski definition) is 1. The molecule has 0 saturated heterocycles. The van der Waals surface area contributed by atoms with E-state index >= 15 is 0 Å². The molecule has 0 atom stereocenters. The Hall–Kier alpha value is 0.700. The molecule has 1 nitrogen and oxygen atoms in total. The Labute approximate surface area is 80.1 Å². The van der Waals surface area contributed by atoms with Crippen LogP contribution in [0.4, 0.5) is 0 Å². The van der Waals surface area contributed by atoms with Crippen molar-refractivity contribution in [3.8, 4) is 0 Å². The zero-order valence-corrected chi connectivity index (χ0v) is 4.46. The van der Waals surface area contributed by atoms with Crippen LogP contribution in [0, 0.1) is 0 Å². The minimum absolute atomic E-state index is 0. The molecule has 0 aliphatic heterocycles. The molecule has 0 unspecified atom stereocenters. The third-order valence-corrected chi connectivity index (χ3v) is 0.545. The zero-order valence-electron chi connectivity index (χ0n) is 4.46. The van der Waals surface area contributed by atoms with Crippen molar-refractivity contribution in [1.82, 2.24) is 0 Å². The molecule has 0 aromatic rings. The van der Waals surface area contributed by atoms with Crippen LogP contribution in [0.5, 0.6) is 0 Å². The fourth-order valence-corrected chi connectivity index (χ4v) is 0.251. The van der Waals surface area contributed by atoms with E-state index in [1.165, 1.54) is 0 Å². The first-order valence-electron chi connectivity index (χ1n) is 2.30. The summed E-state index contributed by atoms with van der Waals surface area (Å²) >= 11 is 0. The fourth-order valence-electron chi connectivity index (χ4n) is 0.251. The van der Waals surface area contributed by atoms with Crippen LogP contribution in [0.1, 0.15) is 6.92 Å². The molecule has 0 aliphatic carbocycles. The Kier molecular flexibility index (Phi) is 15.3. The van der Waals surface area contributed by atoms with Gasteiger partial charge >= 0.3 is 37.7 Å². The molecule has 0 fully saturated rings. The molecule has 0 radical (unpaired) electrons. The van der Waals surface area contributed by atoms with Crippen molar-refractivity contribution in [1.29, 1.82) is 0 Å². The van der Waals surface area contributed by atoms with Gasteiger partial charge in [-0.1, -0.05) is 24.3 Å². The van der Waals surface area contributed by atoms with Crippen LogP contribution in [-0.4, -0.2) is 49.5 Å². The molecular weight excluding hydrogens is 128 g/mol. The number of hydrogen-bond donors (Lipinski definition) is 1. The minimum atomic E-state index is 0. The van der Waals surface area contributed by atoms with E-state index in [-0.39, 0.29) is 44.3 Å². The van der Waals surface area contributed by atoms with Crippen LogP contribution >= 0.6 is 0 Å². The van der Waals surface area contributed by atoms with Crippen LogP contribution in [0.15, 0.2) is 24.3 Å². The van der Waals surface area contributed by atoms with E-state index in [2.05, 4.69) is 0 Å². The molecule has 2 heteroatoms. The summed E-state index contributed by atoms with van der Waals surface area (Å²) in [4.78, 5) is 0. The topological polar surface area (TPSA) is 20.2 Å². The molecule has 0 rings (SSSR count). The van der Waals surface area contributed by atoms with Gasteiger partial charge in [-0.05, 0) is 6.92 Å². The molecule has 44 valence electrons. The first-order chi connectivity index (χ1) is 3.41. The molecule has 0 heterocycles. The van der Waals surface area contributed by atoms with Crippen molar-refractivity contribution in [2.75, 3.05) is 6.61 Å². The van der Waals surface area contributed by atoms with Gasteiger partial charge in [0.2, 0.25) is 0 Å². The van der Waals surface area contributed by atoms with E-state index in [1.54, 1.807) is 12.2 Å². The van der Waals surface area contributed by atoms with Crippen molar-refractivity contribution in [2.24, 2.45) is 0 Å². The molecule has 0 saturated carbocycles. The Balaban J connectivity index is 0. The molecule has 0 aromatic heterocycles. The van der Waals surface area contributed by atoms with Crippen molar-refractivity contribution in [3.05, 3.63) is 24.3 Å². The first kappa shape index (κ1) is 11.5. The molecule has 0 amide bonds. The second-order valence-electron chi connectivity index (χ2n) is 1.14. The van der Waals surface area contributed by atoms with Gasteiger partial charge in [0, 0.05) is 0 Å². The van der Waals surface area contributed by atoms with Crippen LogP contribution in [0.2, 0.25) is 0 Å². The summed E-state index contributed by atoms with van der Waals surface area (Å²) in [5.74, 6) is 0. The van der Waals surface area contributed by atoms with Crippen molar-refractivity contribution >= 4 is 37.7 Å². The van der Waals surface area contributed by atoms with Gasteiger partial charge in [0.1, 0.15) is 0 Å². The maximum atomic E-state index is 8.17. The SMILES string of the molecule is C/C=C/C=C/CO.[CaH2]. The van der Waals surface area contributed by atoms with Gasteiger partial charge in [-0.3, -0.25) is 0 Å². The van der Waals surface area contributed by atoms with Gasteiger partial charge in [0.25, 0.3) is 0 Å². The predicted octanol–water partition coefficient (Wildman–Crippen LogP) is 0.195. The average Bonchev–Trinajstić information content (AvgIpc) is 1.69. The van der Waals surface area contributed by atoms with Crippen LogP contribution in [-0.2, 0) is 0 Å². The van der Waals surface area contributed by atoms with E-state index in [9.17, 15) is 0 Å². The number of aliphatic hydroxyl groups is 1. The Morgan fingerprint density at radius 3 is 2.38 bits per heavy atom. The molecule has 0 spiro atoms. The van der Waals surface area contributed by atoms with Gasteiger partial charge < -0.3 is 5.11 Å². The summed E-state index contributed by atoms with van der Waals surface area (Å²) in [6.45, 7) is 2.06. The van der Waals surface area contributed by atoms with Crippen molar-refractivity contribution < 1.29 is 5.11 Å². The Bertz CT molecular complexity index is 76.6. The number of allylic oxidation sites excluding steroid dienone is 3. The van der Waals surface area contributed by atoms with Gasteiger partial charge in [-0.25, -0.2) is 0 Å². The van der Waals surface area contributed by atoms with E-state index in [1.807, 2.05) is 19.1 Å². The van der Waals surface area contributed by atoms with E-state index in [0.717, 1.165) is 0 Å². The Morgan fingerprint density at radius 2 is 2.00 bits per heavy atom. The summed E-state index contributed by atoms with van der Waals surface area (Å²) in [5.41, 5.74) is 0. The van der Waals surface area contributed by atoms with Crippen LogP contribution < -0.4 is 0 Å².